The molecule has 2 unspecified atom stereocenters. The number of thiocarbonyl (C=S) groups is 1. The fraction of sp³-hybridized carbons (Fsp3) is 0.396. The molecule has 2 aromatic heterocycles. The highest BCUT2D eigenvalue weighted by Crippen LogP contribution is 2.43. The Morgan fingerprint density at radius 2 is 1.64 bits per heavy atom. The lowest BCUT2D eigenvalue weighted by molar-refractivity contribution is -0.144. The van der Waals surface area contributed by atoms with Gasteiger partial charge < -0.3 is 29.9 Å². The molecule has 402 valence electrons. The maximum atomic E-state index is 15.5. The van der Waals surface area contributed by atoms with Crippen LogP contribution in [0.5, 0.6) is 5.75 Å². The number of aryl methyl sites for hydroxylation is 1. The fourth-order valence-corrected chi connectivity index (χ4v) is 10.2. The molecule has 2 aliphatic rings. The molecule has 5 aromatic rings. The number of unbranched alkanes of at least 4 members (excludes halogenated alkanes) is 1. The Hall–Kier alpha value is -7.03. The molecule has 7 rings (SSSR count). The van der Waals surface area contributed by atoms with E-state index in [1.54, 1.807) is 37.6 Å². The molecule has 23 heteroatoms. The summed E-state index contributed by atoms with van der Waals surface area (Å²) >= 11 is 7.02. The number of alkyl halides is 6. The number of likely N-dealkylation sites (tertiary alicyclic amines) is 1. The van der Waals surface area contributed by atoms with Crippen LogP contribution in [0.25, 0.3) is 21.7 Å². The highest BCUT2D eigenvalue weighted by atomic mass is 32.1. The minimum absolute atomic E-state index is 0.0376. The number of thiazole rings is 1. The van der Waals surface area contributed by atoms with E-state index < -0.39 is 98.8 Å². The summed E-state index contributed by atoms with van der Waals surface area (Å²) in [4.78, 5) is 67.1. The van der Waals surface area contributed by atoms with Crippen molar-refractivity contribution in [3.8, 4) is 33.5 Å². The number of nitriles is 1. The quantitative estimate of drug-likeness (QED) is 0.0516. The van der Waals surface area contributed by atoms with Crippen LogP contribution < -0.4 is 25.2 Å². The van der Waals surface area contributed by atoms with Crippen LogP contribution in [0.1, 0.15) is 88.2 Å². The zero-order valence-corrected chi connectivity index (χ0v) is 43.8. The van der Waals surface area contributed by atoms with Crippen molar-refractivity contribution in [2.75, 3.05) is 36.2 Å². The molecule has 0 radical (unpaired) electrons. The van der Waals surface area contributed by atoms with Gasteiger partial charge in [-0.1, -0.05) is 45.0 Å². The van der Waals surface area contributed by atoms with Gasteiger partial charge in [-0.05, 0) is 118 Å². The summed E-state index contributed by atoms with van der Waals surface area (Å²) in [5.41, 5.74) is -2.22. The third kappa shape index (κ3) is 12.3. The molecule has 0 aliphatic carbocycles. The van der Waals surface area contributed by atoms with Gasteiger partial charge in [0, 0.05) is 25.3 Å². The van der Waals surface area contributed by atoms with Crippen LogP contribution in [-0.4, -0.2) is 87.6 Å². The van der Waals surface area contributed by atoms with Gasteiger partial charge in [0.05, 0.1) is 63.2 Å². The van der Waals surface area contributed by atoms with Crippen LogP contribution in [0, 0.1) is 29.5 Å². The summed E-state index contributed by atoms with van der Waals surface area (Å²) in [5, 5.41) is 14.5. The number of carbonyl (C=O) groups is 4. The zero-order chi connectivity index (χ0) is 55.5. The summed E-state index contributed by atoms with van der Waals surface area (Å²) in [6.45, 7) is 10.3. The molecule has 0 spiro atoms. The standard InChI is InChI=1S/C53H53F7N8O6S2/c1-30-44(76-29-64-30)32-13-11-31(12-14-32)26-63-46(70)39-10-9-21-66(39)47(71)45(50(2,3)4)65-41(69)28-73-22-7-8-23-74-40-20-16-33(24-36(40)52(55,56)57)37-18-17-35(27-62-37)68-49(75)67(48(72)51(68,5)6)38-19-15-34(25-61)42(43(38)54)53(58,59)60/h11-20,24,27,29,39,45H,7-10,21-23,26,28H2,1-6H3,(H,63,70)(H,65,69). The van der Waals surface area contributed by atoms with E-state index in [0.717, 1.165) is 46.0 Å². The molecule has 0 saturated carbocycles. The number of nitrogens with zero attached hydrogens (tertiary/aromatic N) is 6. The average molecular weight is 1100 g/mol. The smallest absolute Gasteiger partial charge is 0.420 e. The number of anilines is 2. The minimum atomic E-state index is -5.27. The van der Waals surface area contributed by atoms with Gasteiger partial charge in [-0.25, -0.2) is 9.37 Å². The Morgan fingerprint density at radius 1 is 0.947 bits per heavy atom. The second-order valence-electron chi connectivity index (χ2n) is 19.7. The first-order chi connectivity index (χ1) is 35.7. The number of ether oxygens (including phenoxy) is 2. The molecule has 4 heterocycles. The number of nitrogens with one attached hydrogen (secondary N) is 2. The first-order valence-corrected chi connectivity index (χ1v) is 25.3. The SMILES string of the molecule is Cc1ncsc1-c1ccc(CNC(=O)C2CCCN2C(=O)C(NC(=O)COCCCCOc2ccc(-c3ccc(N4C(=S)N(c5ccc(C#N)c(C(F)(F)F)c5F)C(=O)C4(C)C)cn3)cc2C(F)(F)F)C(C)(C)C)cc1. The summed E-state index contributed by atoms with van der Waals surface area (Å²) < 4.78 is 111. The van der Waals surface area contributed by atoms with Gasteiger partial charge in [-0.3, -0.25) is 29.1 Å². The van der Waals surface area contributed by atoms with Gasteiger partial charge in [0.25, 0.3) is 5.91 Å². The van der Waals surface area contributed by atoms with Crippen molar-refractivity contribution in [1.29, 1.82) is 5.26 Å². The van der Waals surface area contributed by atoms with Crippen LogP contribution in [0.2, 0.25) is 0 Å². The molecule has 2 N–H and O–H groups in total. The normalized spacial score (nSPS) is 16.2. The largest absolute Gasteiger partial charge is 0.493 e. The van der Waals surface area contributed by atoms with E-state index in [0.29, 0.717) is 30.7 Å². The van der Waals surface area contributed by atoms with Crippen LogP contribution in [0.3, 0.4) is 0 Å². The molecule has 14 nitrogen and oxygen atoms in total. The lowest BCUT2D eigenvalue weighted by atomic mass is 9.85. The topological polar surface area (TPSA) is 170 Å². The Kier molecular flexibility index (Phi) is 16.9. The highest BCUT2D eigenvalue weighted by molar-refractivity contribution is 7.81. The van der Waals surface area contributed by atoms with Crippen LogP contribution >= 0.6 is 23.6 Å². The third-order valence-corrected chi connectivity index (χ3v) is 14.2. The third-order valence-electron chi connectivity index (χ3n) is 12.9. The molecule has 0 bridgehead atoms. The summed E-state index contributed by atoms with van der Waals surface area (Å²) in [6, 6.07) is 15.1. The van der Waals surface area contributed by atoms with Crippen molar-refractivity contribution in [2.24, 2.45) is 5.41 Å². The fourth-order valence-electron chi connectivity index (χ4n) is 8.91. The molecule has 2 fully saturated rings. The lowest BCUT2D eigenvalue weighted by Gasteiger charge is -2.35. The highest BCUT2D eigenvalue weighted by Gasteiger charge is 2.52. The number of halogens is 7. The molecule has 4 amide bonds. The monoisotopic (exact) mass is 1090 g/mol. The first-order valence-electron chi connectivity index (χ1n) is 24.0. The van der Waals surface area contributed by atoms with Crippen molar-refractivity contribution in [3.63, 3.8) is 0 Å². The van der Waals surface area contributed by atoms with Gasteiger partial charge in [0.2, 0.25) is 17.7 Å². The van der Waals surface area contributed by atoms with E-state index in [9.17, 15) is 50.8 Å². The van der Waals surface area contributed by atoms with E-state index in [1.807, 2.05) is 31.2 Å². The van der Waals surface area contributed by atoms with E-state index in [-0.39, 0.29) is 49.0 Å². The van der Waals surface area contributed by atoms with Gasteiger partial charge in [-0.2, -0.15) is 31.6 Å². The zero-order valence-electron chi connectivity index (χ0n) is 42.1. The van der Waals surface area contributed by atoms with Crippen molar-refractivity contribution in [3.05, 3.63) is 112 Å². The Balaban J connectivity index is 0.893. The molecule has 2 atom stereocenters. The van der Waals surface area contributed by atoms with E-state index in [4.69, 9.17) is 21.7 Å². The Morgan fingerprint density at radius 3 is 2.26 bits per heavy atom. The minimum Gasteiger partial charge on any atom is -0.493 e. The van der Waals surface area contributed by atoms with E-state index in [1.165, 1.54) is 54.1 Å². The van der Waals surface area contributed by atoms with Gasteiger partial charge in [0.15, 0.2) is 10.9 Å². The molecule has 3 aromatic carbocycles. The van der Waals surface area contributed by atoms with E-state index in [2.05, 4.69) is 20.6 Å². The number of hydrogen-bond donors (Lipinski definition) is 2. The number of hydrogen-bond acceptors (Lipinski definition) is 11. The summed E-state index contributed by atoms with van der Waals surface area (Å²) in [7, 11) is 0. The van der Waals surface area contributed by atoms with Crippen molar-refractivity contribution in [1.82, 2.24) is 25.5 Å². The van der Waals surface area contributed by atoms with Crippen molar-refractivity contribution >= 4 is 63.7 Å². The van der Waals surface area contributed by atoms with Gasteiger partial charge >= 0.3 is 12.4 Å². The maximum absolute atomic E-state index is 15.5. The maximum Gasteiger partial charge on any atom is 0.420 e. The van der Waals surface area contributed by atoms with Crippen LogP contribution in [0.4, 0.5) is 42.1 Å². The van der Waals surface area contributed by atoms with Gasteiger partial charge in [0.1, 0.15) is 35.5 Å². The summed E-state index contributed by atoms with van der Waals surface area (Å²) in [5.74, 6) is -4.47. The predicted molar refractivity (Wildman–Crippen MR) is 273 cm³/mol. The van der Waals surface area contributed by atoms with Crippen LogP contribution in [0.15, 0.2) is 78.4 Å². The predicted octanol–water partition coefficient (Wildman–Crippen LogP) is 10.2. The van der Waals surface area contributed by atoms with Crippen molar-refractivity contribution < 1.29 is 59.4 Å². The van der Waals surface area contributed by atoms with Crippen molar-refractivity contribution in [2.45, 2.75) is 104 Å². The number of rotatable bonds is 17. The Labute approximate surface area is 443 Å². The number of amides is 4. The number of aromatic nitrogens is 2. The molecule has 76 heavy (non-hydrogen) atoms. The molecular formula is C53H53F7N8O6S2. The number of carbonyl (C=O) groups excluding carboxylic acids is 4. The van der Waals surface area contributed by atoms with E-state index >= 15 is 4.39 Å². The Bertz CT molecular complexity index is 3040. The average Bonchev–Trinajstić information content (AvgIpc) is 4.08. The lowest BCUT2D eigenvalue weighted by Crippen LogP contribution is -2.58. The molecule has 2 aliphatic heterocycles. The van der Waals surface area contributed by atoms with Crippen LogP contribution in [-0.2, 0) is 42.8 Å². The number of pyridine rings is 1. The second-order valence-corrected chi connectivity index (χ2v) is 20.9. The summed E-state index contributed by atoms with van der Waals surface area (Å²) in [6.07, 6.45) is -7.29. The second kappa shape index (κ2) is 22.7. The first kappa shape index (κ1) is 56.7. The molecular weight excluding hydrogens is 1040 g/mol. The number of benzene rings is 3. The van der Waals surface area contributed by atoms with Gasteiger partial charge in [-0.15, -0.1) is 11.3 Å². The molecule has 2 saturated heterocycles.